The maximum Gasteiger partial charge on any atom is 0.0781 e. The van der Waals surface area contributed by atoms with Crippen LogP contribution in [0.15, 0.2) is 48.9 Å². The molecule has 25 heavy (non-hydrogen) atoms. The highest BCUT2D eigenvalue weighted by molar-refractivity contribution is 5.07. The molecule has 0 radical (unpaired) electrons. The SMILES string of the molecule is c1ccc(CN2CCO[C@@H]3[C@H](COCc4cccnc4)CC[C@@H]32)nc1. The summed E-state index contributed by atoms with van der Waals surface area (Å²) in [6.45, 7) is 4.08. The maximum absolute atomic E-state index is 6.13. The second-order valence-corrected chi connectivity index (χ2v) is 6.91. The Morgan fingerprint density at radius 1 is 1.16 bits per heavy atom. The van der Waals surface area contributed by atoms with Gasteiger partial charge in [0.1, 0.15) is 0 Å². The molecule has 0 aromatic carbocycles. The van der Waals surface area contributed by atoms with Crippen LogP contribution in [-0.2, 0) is 22.6 Å². The molecule has 2 fully saturated rings. The lowest BCUT2D eigenvalue weighted by atomic mass is 10.0. The summed E-state index contributed by atoms with van der Waals surface area (Å²) in [5.74, 6) is 0.480. The van der Waals surface area contributed by atoms with E-state index < -0.39 is 0 Å². The number of ether oxygens (including phenoxy) is 2. The first-order chi connectivity index (χ1) is 12.4. The Bertz CT molecular complexity index is 653. The summed E-state index contributed by atoms with van der Waals surface area (Å²) in [4.78, 5) is 11.1. The molecule has 5 heteroatoms. The largest absolute Gasteiger partial charge is 0.376 e. The summed E-state index contributed by atoms with van der Waals surface area (Å²) < 4.78 is 12.1. The van der Waals surface area contributed by atoms with Crippen molar-refractivity contribution in [3.05, 3.63) is 60.2 Å². The molecule has 132 valence electrons. The van der Waals surface area contributed by atoms with E-state index in [0.29, 0.717) is 18.6 Å². The molecule has 1 aliphatic heterocycles. The highest BCUT2D eigenvalue weighted by atomic mass is 16.5. The zero-order valence-corrected chi connectivity index (χ0v) is 14.5. The van der Waals surface area contributed by atoms with Crippen LogP contribution in [0.25, 0.3) is 0 Å². The second-order valence-electron chi connectivity index (χ2n) is 6.91. The van der Waals surface area contributed by atoms with E-state index in [1.165, 1.54) is 12.8 Å². The van der Waals surface area contributed by atoms with Crippen molar-refractivity contribution in [2.45, 2.75) is 38.1 Å². The van der Waals surface area contributed by atoms with E-state index in [2.05, 4.69) is 33.1 Å². The topological polar surface area (TPSA) is 47.5 Å². The van der Waals surface area contributed by atoms with Gasteiger partial charge in [0, 0.05) is 43.6 Å². The first-order valence-electron chi connectivity index (χ1n) is 9.12. The van der Waals surface area contributed by atoms with E-state index in [1.807, 2.05) is 24.5 Å². The molecule has 2 aliphatic rings. The van der Waals surface area contributed by atoms with Gasteiger partial charge in [0.25, 0.3) is 0 Å². The van der Waals surface area contributed by atoms with Crippen LogP contribution in [0.4, 0.5) is 0 Å². The number of hydrogen-bond acceptors (Lipinski definition) is 5. The van der Waals surface area contributed by atoms with E-state index in [1.54, 1.807) is 6.20 Å². The number of fused-ring (bicyclic) bond motifs is 1. The van der Waals surface area contributed by atoms with Gasteiger partial charge in [-0.3, -0.25) is 14.9 Å². The van der Waals surface area contributed by atoms with Crippen molar-refractivity contribution in [2.24, 2.45) is 5.92 Å². The predicted molar refractivity (Wildman–Crippen MR) is 94.8 cm³/mol. The predicted octanol–water partition coefficient (Wildman–Crippen LogP) is 2.67. The average Bonchev–Trinajstić information content (AvgIpc) is 3.08. The molecule has 3 heterocycles. The van der Waals surface area contributed by atoms with E-state index >= 15 is 0 Å². The smallest absolute Gasteiger partial charge is 0.0781 e. The normalized spacial score (nSPS) is 26.5. The zero-order chi connectivity index (χ0) is 16.9. The third-order valence-corrected chi connectivity index (χ3v) is 5.25. The van der Waals surface area contributed by atoms with Crippen LogP contribution in [0.5, 0.6) is 0 Å². The molecule has 0 bridgehead atoms. The summed E-state index contributed by atoms with van der Waals surface area (Å²) in [6, 6.07) is 10.6. The third-order valence-electron chi connectivity index (χ3n) is 5.25. The van der Waals surface area contributed by atoms with E-state index in [9.17, 15) is 0 Å². The molecule has 1 saturated carbocycles. The first kappa shape index (κ1) is 16.6. The molecule has 2 aromatic rings. The molecule has 5 nitrogen and oxygen atoms in total. The Morgan fingerprint density at radius 3 is 3.00 bits per heavy atom. The van der Waals surface area contributed by atoms with Crippen LogP contribution >= 0.6 is 0 Å². The van der Waals surface area contributed by atoms with E-state index in [0.717, 1.165) is 37.6 Å². The number of rotatable bonds is 6. The van der Waals surface area contributed by atoms with Crippen molar-refractivity contribution < 1.29 is 9.47 Å². The fraction of sp³-hybridized carbons (Fsp3) is 0.500. The monoisotopic (exact) mass is 339 g/mol. The van der Waals surface area contributed by atoms with Crippen molar-refractivity contribution in [3.63, 3.8) is 0 Å². The Kier molecular flexibility index (Phi) is 5.35. The van der Waals surface area contributed by atoms with Gasteiger partial charge in [-0.05, 0) is 36.6 Å². The minimum Gasteiger partial charge on any atom is -0.376 e. The minimum absolute atomic E-state index is 0.284. The number of aromatic nitrogens is 2. The van der Waals surface area contributed by atoms with Crippen LogP contribution in [-0.4, -0.2) is 46.8 Å². The van der Waals surface area contributed by atoms with Crippen LogP contribution in [0, 0.1) is 5.92 Å². The summed E-state index contributed by atoms with van der Waals surface area (Å²) in [7, 11) is 0. The molecule has 1 aliphatic carbocycles. The van der Waals surface area contributed by atoms with Crippen LogP contribution in [0.3, 0.4) is 0 Å². The van der Waals surface area contributed by atoms with Gasteiger partial charge in [0.15, 0.2) is 0 Å². The third kappa shape index (κ3) is 4.06. The lowest BCUT2D eigenvalue weighted by Crippen LogP contribution is -2.50. The minimum atomic E-state index is 0.284. The van der Waals surface area contributed by atoms with Crippen molar-refractivity contribution in [3.8, 4) is 0 Å². The summed E-state index contributed by atoms with van der Waals surface area (Å²) >= 11 is 0. The Balaban J connectivity index is 1.31. The lowest BCUT2D eigenvalue weighted by Gasteiger charge is -2.39. The Hall–Kier alpha value is -1.82. The standard InChI is InChI=1S/C20H25N3O2/c1-2-9-22-18(5-1)13-23-10-11-25-20-17(6-7-19(20)23)15-24-14-16-4-3-8-21-12-16/h1-5,8-9,12,17,19-20H,6-7,10-11,13-15H2/t17-,19-,20+/m0/s1. The maximum atomic E-state index is 6.13. The van der Waals surface area contributed by atoms with Gasteiger partial charge in [-0.15, -0.1) is 0 Å². The van der Waals surface area contributed by atoms with Gasteiger partial charge in [-0.2, -0.15) is 0 Å². The van der Waals surface area contributed by atoms with Gasteiger partial charge < -0.3 is 9.47 Å². The molecule has 2 aromatic heterocycles. The summed E-state index contributed by atoms with van der Waals surface area (Å²) in [5, 5.41) is 0. The lowest BCUT2D eigenvalue weighted by molar-refractivity contribution is -0.0894. The first-order valence-corrected chi connectivity index (χ1v) is 9.12. The van der Waals surface area contributed by atoms with Crippen molar-refractivity contribution in [2.75, 3.05) is 19.8 Å². The number of morpholine rings is 1. The van der Waals surface area contributed by atoms with Gasteiger partial charge in [0.05, 0.1) is 31.6 Å². The molecule has 4 rings (SSSR count). The molecular weight excluding hydrogens is 314 g/mol. The summed E-state index contributed by atoms with van der Waals surface area (Å²) in [6.07, 6.45) is 8.16. The number of pyridine rings is 2. The zero-order valence-electron chi connectivity index (χ0n) is 14.5. The second kappa shape index (κ2) is 8.04. The highest BCUT2D eigenvalue weighted by Gasteiger charge is 2.42. The van der Waals surface area contributed by atoms with Crippen molar-refractivity contribution >= 4 is 0 Å². The van der Waals surface area contributed by atoms with Gasteiger partial charge in [0.2, 0.25) is 0 Å². The Morgan fingerprint density at radius 2 is 2.16 bits per heavy atom. The van der Waals surface area contributed by atoms with Gasteiger partial charge in [-0.25, -0.2) is 0 Å². The summed E-state index contributed by atoms with van der Waals surface area (Å²) in [5.41, 5.74) is 2.26. The quantitative estimate of drug-likeness (QED) is 0.810. The fourth-order valence-corrected chi connectivity index (χ4v) is 4.02. The van der Waals surface area contributed by atoms with E-state index in [4.69, 9.17) is 9.47 Å². The molecule has 0 amide bonds. The van der Waals surface area contributed by atoms with E-state index in [-0.39, 0.29) is 6.10 Å². The van der Waals surface area contributed by atoms with Gasteiger partial charge in [-0.1, -0.05) is 12.1 Å². The van der Waals surface area contributed by atoms with Crippen LogP contribution in [0.1, 0.15) is 24.1 Å². The molecule has 0 unspecified atom stereocenters. The number of nitrogens with zero attached hydrogens (tertiary/aromatic N) is 3. The van der Waals surface area contributed by atoms with Crippen LogP contribution in [0.2, 0.25) is 0 Å². The fourth-order valence-electron chi connectivity index (χ4n) is 4.02. The molecular formula is C20H25N3O2. The van der Waals surface area contributed by atoms with Crippen LogP contribution < -0.4 is 0 Å². The van der Waals surface area contributed by atoms with Crippen molar-refractivity contribution in [1.29, 1.82) is 0 Å². The highest BCUT2D eigenvalue weighted by Crippen LogP contribution is 2.35. The molecule has 1 saturated heterocycles. The average molecular weight is 339 g/mol. The molecule has 0 N–H and O–H groups in total. The Labute approximate surface area is 149 Å². The van der Waals surface area contributed by atoms with Gasteiger partial charge >= 0.3 is 0 Å². The molecule has 0 spiro atoms. The van der Waals surface area contributed by atoms with Crippen molar-refractivity contribution in [1.82, 2.24) is 14.9 Å². The number of hydrogen-bond donors (Lipinski definition) is 0. The molecule has 3 atom stereocenters.